The lowest BCUT2D eigenvalue weighted by molar-refractivity contribution is 0.569. The van der Waals surface area contributed by atoms with Crippen molar-refractivity contribution in [1.29, 1.82) is 0 Å². The van der Waals surface area contributed by atoms with Gasteiger partial charge in [-0.1, -0.05) is 6.07 Å². The van der Waals surface area contributed by atoms with E-state index in [4.69, 9.17) is 0 Å². The predicted octanol–water partition coefficient (Wildman–Crippen LogP) is 0.606. The van der Waals surface area contributed by atoms with Crippen LogP contribution in [0.5, 0.6) is 0 Å². The van der Waals surface area contributed by atoms with Gasteiger partial charge in [-0.2, -0.15) is 0 Å². The Kier molecular flexibility index (Phi) is 3.56. The second kappa shape index (κ2) is 4.93. The highest BCUT2D eigenvalue weighted by atomic mass is 32.2. The van der Waals surface area contributed by atoms with Crippen molar-refractivity contribution in [2.45, 2.75) is 12.2 Å². The quantitative estimate of drug-likeness (QED) is 0.837. The summed E-state index contributed by atoms with van der Waals surface area (Å²) < 4.78 is 23.8. The average Bonchev–Trinajstić information content (AvgIpc) is 2.70. The first-order chi connectivity index (χ1) is 7.66. The van der Waals surface area contributed by atoms with Crippen LogP contribution in [-0.4, -0.2) is 32.2 Å². The summed E-state index contributed by atoms with van der Waals surface area (Å²) in [5.74, 6) is 0.674. The summed E-state index contributed by atoms with van der Waals surface area (Å²) in [4.78, 5) is 3.92. The van der Waals surface area contributed by atoms with Crippen LogP contribution in [0.2, 0.25) is 0 Å². The minimum absolute atomic E-state index is 0.108. The molecule has 1 N–H and O–H groups in total. The highest BCUT2D eigenvalue weighted by Gasteiger charge is 2.22. The van der Waals surface area contributed by atoms with Gasteiger partial charge in [-0.05, 0) is 37.1 Å². The maximum absolute atomic E-state index is 11.9. The fourth-order valence-corrected chi connectivity index (χ4v) is 3.81. The Balaban J connectivity index is 1.97. The number of sulfone groups is 1. The van der Waals surface area contributed by atoms with Gasteiger partial charge in [0, 0.05) is 12.4 Å². The molecule has 2 heterocycles. The maximum Gasteiger partial charge on any atom is 0.154 e. The van der Waals surface area contributed by atoms with E-state index in [-0.39, 0.29) is 17.4 Å². The van der Waals surface area contributed by atoms with Crippen LogP contribution in [0.15, 0.2) is 24.5 Å². The van der Waals surface area contributed by atoms with Gasteiger partial charge in [0.25, 0.3) is 0 Å². The van der Waals surface area contributed by atoms with E-state index >= 15 is 0 Å². The molecule has 0 saturated carbocycles. The van der Waals surface area contributed by atoms with Crippen molar-refractivity contribution in [3.05, 3.63) is 30.1 Å². The number of hydrogen-bond donors (Lipinski definition) is 1. The van der Waals surface area contributed by atoms with Crippen molar-refractivity contribution in [1.82, 2.24) is 10.3 Å². The van der Waals surface area contributed by atoms with E-state index in [2.05, 4.69) is 10.3 Å². The van der Waals surface area contributed by atoms with E-state index in [0.29, 0.717) is 0 Å². The van der Waals surface area contributed by atoms with Crippen LogP contribution in [0.3, 0.4) is 0 Å². The molecule has 2 rings (SSSR count). The number of nitrogens with one attached hydrogen (secondary N) is 1. The fourth-order valence-electron chi connectivity index (χ4n) is 2.01. The van der Waals surface area contributed by atoms with Crippen molar-refractivity contribution >= 4 is 9.84 Å². The molecule has 1 atom stereocenters. The lowest BCUT2D eigenvalue weighted by Crippen LogP contribution is -2.20. The average molecular weight is 240 g/mol. The molecule has 0 spiro atoms. The van der Waals surface area contributed by atoms with Crippen molar-refractivity contribution in [2.75, 3.05) is 18.8 Å². The van der Waals surface area contributed by atoms with Gasteiger partial charge in [0.1, 0.15) is 0 Å². The second-order valence-electron chi connectivity index (χ2n) is 4.27. The van der Waals surface area contributed by atoms with Crippen LogP contribution in [-0.2, 0) is 15.6 Å². The standard InChI is InChI=1S/C11H16N2O2S/c14-16(15,9-11-3-5-13-7-11)8-10-2-1-4-12-6-10/h1-2,4,6,11,13H,3,5,7-9H2/t11-/m1/s1. The van der Waals surface area contributed by atoms with Gasteiger partial charge in [0.2, 0.25) is 0 Å². The number of aromatic nitrogens is 1. The van der Waals surface area contributed by atoms with Gasteiger partial charge in [-0.25, -0.2) is 8.42 Å². The number of hydrogen-bond acceptors (Lipinski definition) is 4. The molecule has 1 aliphatic heterocycles. The topological polar surface area (TPSA) is 59.1 Å². The maximum atomic E-state index is 11.9. The Bertz CT molecular complexity index is 425. The van der Waals surface area contributed by atoms with Crippen LogP contribution in [0.4, 0.5) is 0 Å². The summed E-state index contributed by atoms with van der Waals surface area (Å²) in [5, 5.41) is 3.18. The Morgan fingerprint density at radius 3 is 3.00 bits per heavy atom. The number of pyridine rings is 1. The Hall–Kier alpha value is -0.940. The summed E-state index contributed by atoms with van der Waals surface area (Å²) in [6.45, 7) is 1.76. The summed E-state index contributed by atoms with van der Waals surface area (Å²) in [7, 11) is -3.00. The molecule has 88 valence electrons. The SMILES string of the molecule is O=S(=O)(Cc1cccnc1)C[C@@H]1CCNC1. The van der Waals surface area contributed by atoms with Crippen LogP contribution >= 0.6 is 0 Å². The second-order valence-corrected chi connectivity index (χ2v) is 6.38. The Morgan fingerprint density at radius 2 is 2.38 bits per heavy atom. The zero-order valence-electron chi connectivity index (χ0n) is 9.09. The summed E-state index contributed by atoms with van der Waals surface area (Å²) in [6.07, 6.45) is 4.23. The van der Waals surface area contributed by atoms with Gasteiger partial charge >= 0.3 is 0 Å². The van der Waals surface area contributed by atoms with Crippen molar-refractivity contribution in [2.24, 2.45) is 5.92 Å². The largest absolute Gasteiger partial charge is 0.316 e. The predicted molar refractivity (Wildman–Crippen MR) is 62.7 cm³/mol. The Morgan fingerprint density at radius 1 is 1.50 bits per heavy atom. The molecule has 5 heteroatoms. The van der Waals surface area contributed by atoms with Crippen molar-refractivity contribution in [3.8, 4) is 0 Å². The van der Waals surface area contributed by atoms with Crippen LogP contribution in [0.25, 0.3) is 0 Å². The smallest absolute Gasteiger partial charge is 0.154 e. The molecular weight excluding hydrogens is 224 g/mol. The summed E-state index contributed by atoms with van der Waals surface area (Å²) >= 11 is 0. The van der Waals surface area contributed by atoms with Gasteiger partial charge in [0.05, 0.1) is 11.5 Å². The number of nitrogens with zero attached hydrogens (tertiary/aromatic N) is 1. The van der Waals surface area contributed by atoms with Crippen LogP contribution in [0, 0.1) is 5.92 Å². The monoisotopic (exact) mass is 240 g/mol. The molecule has 1 saturated heterocycles. The normalized spacial score (nSPS) is 21.1. The summed E-state index contributed by atoms with van der Waals surface area (Å²) in [5.41, 5.74) is 0.772. The highest BCUT2D eigenvalue weighted by Crippen LogP contribution is 2.14. The minimum atomic E-state index is -3.00. The lowest BCUT2D eigenvalue weighted by Gasteiger charge is -2.09. The van der Waals surface area contributed by atoms with Crippen LogP contribution in [0.1, 0.15) is 12.0 Å². The van der Waals surface area contributed by atoms with Gasteiger partial charge < -0.3 is 5.32 Å². The third kappa shape index (κ3) is 3.28. The molecule has 0 radical (unpaired) electrons. The summed E-state index contributed by atoms with van der Waals surface area (Å²) in [6, 6.07) is 3.57. The molecule has 1 aromatic rings. The molecular formula is C11H16N2O2S. The molecule has 1 aromatic heterocycles. The first-order valence-corrected chi connectivity index (χ1v) is 7.28. The molecule has 0 aliphatic carbocycles. The van der Waals surface area contributed by atoms with E-state index in [0.717, 1.165) is 25.1 Å². The molecule has 1 fully saturated rings. The zero-order chi connectivity index (χ0) is 11.4. The molecule has 4 nitrogen and oxygen atoms in total. The minimum Gasteiger partial charge on any atom is -0.316 e. The highest BCUT2D eigenvalue weighted by molar-refractivity contribution is 7.90. The number of rotatable bonds is 4. The fraction of sp³-hybridized carbons (Fsp3) is 0.545. The molecule has 16 heavy (non-hydrogen) atoms. The van der Waals surface area contributed by atoms with Gasteiger partial charge in [-0.3, -0.25) is 4.98 Å². The van der Waals surface area contributed by atoms with Crippen molar-refractivity contribution < 1.29 is 8.42 Å². The molecule has 0 bridgehead atoms. The van der Waals surface area contributed by atoms with E-state index in [1.165, 1.54) is 0 Å². The zero-order valence-corrected chi connectivity index (χ0v) is 9.91. The molecule has 0 unspecified atom stereocenters. The molecule has 1 aliphatic rings. The van der Waals surface area contributed by atoms with E-state index in [1.54, 1.807) is 24.5 Å². The van der Waals surface area contributed by atoms with Crippen molar-refractivity contribution in [3.63, 3.8) is 0 Å². The Labute approximate surface area is 96.0 Å². The molecule has 0 aromatic carbocycles. The first-order valence-electron chi connectivity index (χ1n) is 5.46. The molecule has 0 amide bonds. The lowest BCUT2D eigenvalue weighted by atomic mass is 10.2. The first kappa shape index (κ1) is 11.5. The van der Waals surface area contributed by atoms with Crippen LogP contribution < -0.4 is 5.32 Å². The van der Waals surface area contributed by atoms with Gasteiger partial charge in [-0.15, -0.1) is 0 Å². The third-order valence-electron chi connectivity index (χ3n) is 2.76. The van der Waals surface area contributed by atoms with E-state index < -0.39 is 9.84 Å². The van der Waals surface area contributed by atoms with E-state index in [1.807, 2.05) is 0 Å². The third-order valence-corrected chi connectivity index (χ3v) is 4.51. The van der Waals surface area contributed by atoms with E-state index in [9.17, 15) is 8.42 Å². The van der Waals surface area contributed by atoms with Gasteiger partial charge in [0.15, 0.2) is 9.84 Å².